The molecule has 19 heavy (non-hydrogen) atoms. The average Bonchev–Trinajstić information content (AvgIpc) is 2.72. The number of aryl methyl sites for hydroxylation is 2. The fraction of sp³-hybridized carbons (Fsp3) is 0.500. The van der Waals surface area contributed by atoms with Gasteiger partial charge in [-0.25, -0.2) is 0 Å². The molecule has 1 aliphatic carbocycles. The van der Waals surface area contributed by atoms with Gasteiger partial charge in [0.25, 0.3) is 0 Å². The Hall–Kier alpha value is -0.580. The van der Waals surface area contributed by atoms with Gasteiger partial charge in [-0.1, -0.05) is 15.9 Å². The molecule has 1 saturated carbocycles. The SMILES string of the molecule is Cc1cc(NC(=O)C2CCC(N)C2)cc(C)c1Br.Cl. The van der Waals surface area contributed by atoms with Crippen molar-refractivity contribution in [3.63, 3.8) is 0 Å². The number of rotatable bonds is 2. The van der Waals surface area contributed by atoms with Crippen LogP contribution in [0.3, 0.4) is 0 Å². The van der Waals surface area contributed by atoms with Gasteiger partial charge in [-0.2, -0.15) is 0 Å². The number of carbonyl (C=O) groups is 1. The third-order valence-corrected chi connectivity index (χ3v) is 4.80. The fourth-order valence-electron chi connectivity index (χ4n) is 2.52. The molecule has 1 aromatic carbocycles. The lowest BCUT2D eigenvalue weighted by molar-refractivity contribution is -0.119. The van der Waals surface area contributed by atoms with Gasteiger partial charge in [0, 0.05) is 22.1 Å². The summed E-state index contributed by atoms with van der Waals surface area (Å²) in [5, 5.41) is 3.00. The van der Waals surface area contributed by atoms with Crippen LogP contribution in [0.4, 0.5) is 5.69 Å². The predicted octanol–water partition coefficient (Wildman–Crippen LogP) is 3.55. The van der Waals surface area contributed by atoms with E-state index in [9.17, 15) is 4.79 Å². The second-order valence-corrected chi connectivity index (χ2v) is 5.98. The summed E-state index contributed by atoms with van der Waals surface area (Å²) in [5.74, 6) is 0.174. The van der Waals surface area contributed by atoms with Gasteiger partial charge < -0.3 is 11.1 Å². The lowest BCUT2D eigenvalue weighted by Crippen LogP contribution is -2.23. The molecule has 3 nitrogen and oxygen atoms in total. The number of nitrogens with one attached hydrogen (secondary N) is 1. The first-order valence-corrected chi connectivity index (χ1v) is 7.10. The van der Waals surface area contributed by atoms with Gasteiger partial charge >= 0.3 is 0 Å². The maximum atomic E-state index is 12.1. The molecule has 1 aliphatic rings. The summed E-state index contributed by atoms with van der Waals surface area (Å²) in [6.07, 6.45) is 2.66. The van der Waals surface area contributed by atoms with Crippen molar-refractivity contribution in [3.8, 4) is 0 Å². The van der Waals surface area contributed by atoms with Crippen molar-refractivity contribution in [3.05, 3.63) is 27.7 Å². The van der Waals surface area contributed by atoms with E-state index in [0.717, 1.165) is 40.5 Å². The Balaban J connectivity index is 0.00000180. The Morgan fingerprint density at radius 1 is 1.32 bits per heavy atom. The largest absolute Gasteiger partial charge is 0.328 e. The van der Waals surface area contributed by atoms with Gasteiger partial charge in [0.15, 0.2) is 0 Å². The molecular formula is C14H20BrClN2O. The molecule has 0 saturated heterocycles. The van der Waals surface area contributed by atoms with Crippen molar-refractivity contribution < 1.29 is 4.79 Å². The van der Waals surface area contributed by atoms with Gasteiger partial charge in [0.2, 0.25) is 5.91 Å². The smallest absolute Gasteiger partial charge is 0.227 e. The summed E-state index contributed by atoms with van der Waals surface area (Å²) >= 11 is 3.52. The second-order valence-electron chi connectivity index (χ2n) is 5.18. The number of benzene rings is 1. The lowest BCUT2D eigenvalue weighted by Gasteiger charge is -2.13. The molecule has 1 aromatic rings. The molecule has 106 valence electrons. The Morgan fingerprint density at radius 3 is 2.37 bits per heavy atom. The molecule has 2 rings (SSSR count). The van der Waals surface area contributed by atoms with Gasteiger partial charge in [-0.3, -0.25) is 4.79 Å². The maximum Gasteiger partial charge on any atom is 0.227 e. The van der Waals surface area contributed by atoms with Crippen LogP contribution >= 0.6 is 28.3 Å². The van der Waals surface area contributed by atoms with Crippen LogP contribution < -0.4 is 11.1 Å². The van der Waals surface area contributed by atoms with Crippen LogP contribution in [0, 0.1) is 19.8 Å². The minimum atomic E-state index is 0. The summed E-state index contributed by atoms with van der Waals surface area (Å²) in [6, 6.07) is 4.17. The van der Waals surface area contributed by atoms with E-state index in [4.69, 9.17) is 5.73 Å². The topological polar surface area (TPSA) is 55.1 Å². The van der Waals surface area contributed by atoms with Crippen molar-refractivity contribution in [2.75, 3.05) is 5.32 Å². The molecule has 0 heterocycles. The third kappa shape index (κ3) is 3.94. The van der Waals surface area contributed by atoms with Crippen LogP contribution in [0.15, 0.2) is 16.6 Å². The van der Waals surface area contributed by atoms with E-state index >= 15 is 0 Å². The van der Waals surface area contributed by atoms with Crippen LogP contribution in [0.2, 0.25) is 0 Å². The monoisotopic (exact) mass is 346 g/mol. The highest BCUT2D eigenvalue weighted by Gasteiger charge is 2.27. The van der Waals surface area contributed by atoms with Crippen LogP contribution in [0.25, 0.3) is 0 Å². The molecule has 0 radical (unpaired) electrons. The Kier molecular flexibility index (Phi) is 5.83. The zero-order valence-corrected chi connectivity index (χ0v) is 13.6. The molecular weight excluding hydrogens is 328 g/mol. The standard InChI is InChI=1S/C14H19BrN2O.ClH/c1-8-5-12(6-9(2)13(8)15)17-14(18)10-3-4-11(16)7-10;/h5-6,10-11H,3-4,7,16H2,1-2H3,(H,17,18);1H. The Labute approximate surface area is 128 Å². The molecule has 1 fully saturated rings. The lowest BCUT2D eigenvalue weighted by atomic mass is 10.1. The van der Waals surface area contributed by atoms with E-state index in [1.165, 1.54) is 0 Å². The first-order chi connectivity index (χ1) is 8.47. The number of carbonyl (C=O) groups excluding carboxylic acids is 1. The first kappa shape index (κ1) is 16.5. The number of amides is 1. The van der Waals surface area contributed by atoms with Crippen molar-refractivity contribution in [2.24, 2.45) is 11.7 Å². The zero-order valence-electron chi connectivity index (χ0n) is 11.2. The highest BCUT2D eigenvalue weighted by Crippen LogP contribution is 2.28. The molecule has 2 atom stereocenters. The molecule has 2 unspecified atom stereocenters. The summed E-state index contributed by atoms with van der Waals surface area (Å²) < 4.78 is 1.10. The van der Waals surface area contributed by atoms with Crippen LogP contribution in [0.5, 0.6) is 0 Å². The van der Waals surface area contributed by atoms with E-state index in [-0.39, 0.29) is 30.3 Å². The maximum absolute atomic E-state index is 12.1. The van der Waals surface area contributed by atoms with E-state index in [1.54, 1.807) is 0 Å². The van der Waals surface area contributed by atoms with E-state index in [2.05, 4.69) is 21.2 Å². The highest BCUT2D eigenvalue weighted by molar-refractivity contribution is 9.10. The molecule has 1 amide bonds. The van der Waals surface area contributed by atoms with Crippen LogP contribution in [0.1, 0.15) is 30.4 Å². The van der Waals surface area contributed by atoms with Gasteiger partial charge in [0.1, 0.15) is 0 Å². The van der Waals surface area contributed by atoms with Crippen LogP contribution in [-0.4, -0.2) is 11.9 Å². The average molecular weight is 348 g/mol. The molecule has 3 N–H and O–H groups in total. The first-order valence-electron chi connectivity index (χ1n) is 6.30. The summed E-state index contributed by atoms with van der Waals surface area (Å²) in [7, 11) is 0. The van der Waals surface area contributed by atoms with Crippen molar-refractivity contribution in [2.45, 2.75) is 39.2 Å². The molecule has 0 spiro atoms. The van der Waals surface area contributed by atoms with Crippen LogP contribution in [-0.2, 0) is 4.79 Å². The zero-order chi connectivity index (χ0) is 13.3. The fourth-order valence-corrected chi connectivity index (χ4v) is 2.75. The van der Waals surface area contributed by atoms with E-state index in [1.807, 2.05) is 26.0 Å². The Bertz CT molecular complexity index is 456. The van der Waals surface area contributed by atoms with Gasteiger partial charge in [-0.15, -0.1) is 12.4 Å². The number of hydrogen-bond donors (Lipinski definition) is 2. The number of hydrogen-bond acceptors (Lipinski definition) is 2. The van der Waals surface area contributed by atoms with Crippen molar-refractivity contribution in [1.29, 1.82) is 0 Å². The number of nitrogens with two attached hydrogens (primary N) is 1. The normalized spacial score (nSPS) is 21.9. The number of halogens is 2. The molecule has 0 aromatic heterocycles. The molecule has 5 heteroatoms. The van der Waals surface area contributed by atoms with E-state index in [0.29, 0.717) is 0 Å². The van der Waals surface area contributed by atoms with Crippen molar-refractivity contribution in [1.82, 2.24) is 0 Å². The summed E-state index contributed by atoms with van der Waals surface area (Å²) in [4.78, 5) is 12.1. The molecule has 0 bridgehead atoms. The third-order valence-electron chi connectivity index (χ3n) is 3.55. The highest BCUT2D eigenvalue weighted by atomic mass is 79.9. The summed E-state index contributed by atoms with van der Waals surface area (Å²) in [6.45, 7) is 4.05. The second kappa shape index (κ2) is 6.73. The van der Waals surface area contributed by atoms with Gasteiger partial charge in [-0.05, 0) is 56.4 Å². The minimum absolute atomic E-state index is 0. The summed E-state index contributed by atoms with van der Waals surface area (Å²) in [5.41, 5.74) is 8.98. The minimum Gasteiger partial charge on any atom is -0.328 e. The quantitative estimate of drug-likeness (QED) is 0.859. The van der Waals surface area contributed by atoms with Crippen molar-refractivity contribution >= 4 is 39.9 Å². The Morgan fingerprint density at radius 2 is 1.89 bits per heavy atom. The number of anilines is 1. The molecule has 0 aliphatic heterocycles. The van der Waals surface area contributed by atoms with E-state index < -0.39 is 0 Å². The predicted molar refractivity (Wildman–Crippen MR) is 84.8 cm³/mol. The van der Waals surface area contributed by atoms with Gasteiger partial charge in [0.05, 0.1) is 0 Å².